The van der Waals surface area contributed by atoms with Crippen LogP contribution in [0.3, 0.4) is 0 Å². The predicted octanol–water partition coefficient (Wildman–Crippen LogP) is 2.76. The Hall–Kier alpha value is -1.70. The Kier molecular flexibility index (Phi) is 1.81. The molecule has 0 aliphatic heterocycles. The van der Waals surface area contributed by atoms with E-state index in [-0.39, 0.29) is 0 Å². The zero-order chi connectivity index (χ0) is 9.26. The van der Waals surface area contributed by atoms with Gasteiger partial charge in [-0.25, -0.2) is 0 Å². The molecular weight excluding hydrogens is 162 g/mol. The van der Waals surface area contributed by atoms with Crippen LogP contribution < -0.4 is 10.5 Å². The van der Waals surface area contributed by atoms with E-state index in [1.54, 1.807) is 7.11 Å². The molecule has 2 aromatic carbocycles. The minimum absolute atomic E-state index is 0.459. The Morgan fingerprint density at radius 1 is 1.08 bits per heavy atom. The summed E-state index contributed by atoms with van der Waals surface area (Å²) in [7, 11) is 1.59. The number of ether oxygens (including phenoxy) is 1. The smallest absolute Gasteiger partial charge is 0.144 e. The van der Waals surface area contributed by atoms with Crippen molar-refractivity contribution >= 4 is 16.5 Å². The minimum Gasteiger partial charge on any atom is -0.494 e. The summed E-state index contributed by atoms with van der Waals surface area (Å²) < 4.78 is 5.07. The maximum atomic E-state index is 7.81. The van der Waals surface area contributed by atoms with Gasteiger partial charge in [0.05, 0.1) is 7.11 Å². The van der Waals surface area contributed by atoms with Crippen molar-refractivity contribution in [2.45, 2.75) is 0 Å². The second-order valence-electron chi connectivity index (χ2n) is 2.86. The molecule has 0 aliphatic carbocycles. The van der Waals surface area contributed by atoms with Gasteiger partial charge < -0.3 is 4.74 Å². The number of nitrogens with one attached hydrogen (secondary N) is 1. The monoisotopic (exact) mass is 172 g/mol. The van der Waals surface area contributed by atoms with Crippen LogP contribution in [0.25, 0.3) is 10.8 Å². The average Bonchev–Trinajstić information content (AvgIpc) is 2.19. The van der Waals surface area contributed by atoms with Crippen molar-refractivity contribution in [3.05, 3.63) is 36.4 Å². The molecule has 2 heteroatoms. The van der Waals surface area contributed by atoms with Crippen molar-refractivity contribution < 1.29 is 4.74 Å². The second-order valence-corrected chi connectivity index (χ2v) is 2.86. The highest BCUT2D eigenvalue weighted by molar-refractivity contribution is 5.94. The summed E-state index contributed by atoms with van der Waals surface area (Å²) in [5, 5.41) is 2.01. The van der Waals surface area contributed by atoms with Crippen LogP contribution in [0.1, 0.15) is 0 Å². The maximum Gasteiger partial charge on any atom is 0.144 e. The molecule has 0 saturated carbocycles. The molecule has 0 spiro atoms. The summed E-state index contributed by atoms with van der Waals surface area (Å²) in [6, 6.07) is 11.6. The van der Waals surface area contributed by atoms with E-state index in [0.29, 0.717) is 11.4 Å². The number of methoxy groups -OCH3 is 1. The molecule has 2 aromatic rings. The third-order valence-electron chi connectivity index (χ3n) is 2.11. The second kappa shape index (κ2) is 2.98. The molecule has 0 aliphatic rings. The van der Waals surface area contributed by atoms with Crippen LogP contribution in [-0.2, 0) is 0 Å². The summed E-state index contributed by atoms with van der Waals surface area (Å²) in [4.78, 5) is 0. The average molecular weight is 172 g/mol. The highest BCUT2D eigenvalue weighted by Crippen LogP contribution is 2.30. The summed E-state index contributed by atoms with van der Waals surface area (Å²) in [6.07, 6.45) is 0. The first-order chi connectivity index (χ1) is 6.33. The maximum absolute atomic E-state index is 7.81. The molecule has 13 heavy (non-hydrogen) atoms. The number of hydrogen-bond donors (Lipinski definition) is 0. The van der Waals surface area contributed by atoms with Crippen LogP contribution in [0.4, 0.5) is 5.69 Å². The standard InChI is InChI=1S/C11H10NO/c1-13-10-7-6-8-4-2-3-5-9(8)11(10)12/h2-7,12H,1H3. The molecule has 1 N–H and O–H groups in total. The third kappa shape index (κ3) is 1.20. The Labute approximate surface area is 76.9 Å². The highest BCUT2D eigenvalue weighted by atomic mass is 16.5. The van der Waals surface area contributed by atoms with Gasteiger partial charge in [0, 0.05) is 5.39 Å². The lowest BCUT2D eigenvalue weighted by Crippen LogP contribution is -1.85. The molecule has 0 atom stereocenters. The van der Waals surface area contributed by atoms with E-state index in [4.69, 9.17) is 10.5 Å². The normalized spacial score (nSPS) is 10.2. The van der Waals surface area contributed by atoms with Gasteiger partial charge in [-0.2, -0.15) is 0 Å². The van der Waals surface area contributed by atoms with Crippen LogP contribution in [-0.4, -0.2) is 7.11 Å². The van der Waals surface area contributed by atoms with E-state index in [9.17, 15) is 0 Å². The predicted molar refractivity (Wildman–Crippen MR) is 53.3 cm³/mol. The van der Waals surface area contributed by atoms with Gasteiger partial charge in [0.15, 0.2) is 0 Å². The number of hydrogen-bond acceptors (Lipinski definition) is 1. The number of rotatable bonds is 1. The van der Waals surface area contributed by atoms with Gasteiger partial charge in [-0.1, -0.05) is 30.3 Å². The first kappa shape index (κ1) is 7.92. The van der Waals surface area contributed by atoms with Crippen molar-refractivity contribution in [3.8, 4) is 5.75 Å². The van der Waals surface area contributed by atoms with E-state index in [1.165, 1.54) is 0 Å². The Balaban J connectivity index is 2.79. The molecular formula is C11H10NO. The van der Waals surface area contributed by atoms with E-state index in [2.05, 4.69) is 0 Å². The lowest BCUT2D eigenvalue weighted by Gasteiger charge is -2.05. The van der Waals surface area contributed by atoms with Crippen molar-refractivity contribution in [2.75, 3.05) is 7.11 Å². The van der Waals surface area contributed by atoms with Gasteiger partial charge in [0.1, 0.15) is 11.4 Å². The van der Waals surface area contributed by atoms with Gasteiger partial charge in [-0.05, 0) is 11.5 Å². The molecule has 2 rings (SSSR count). The fourth-order valence-electron chi connectivity index (χ4n) is 1.42. The highest BCUT2D eigenvalue weighted by Gasteiger charge is 2.03. The Bertz CT molecular complexity index is 437. The SMILES string of the molecule is COc1ccc2ccccc2c1[NH]. The van der Waals surface area contributed by atoms with Crippen molar-refractivity contribution in [3.63, 3.8) is 0 Å². The van der Waals surface area contributed by atoms with Gasteiger partial charge >= 0.3 is 0 Å². The quantitative estimate of drug-likeness (QED) is 0.651. The fourth-order valence-corrected chi connectivity index (χ4v) is 1.42. The molecule has 0 unspecified atom stereocenters. The van der Waals surface area contributed by atoms with Crippen molar-refractivity contribution in [2.24, 2.45) is 0 Å². The lowest BCUT2D eigenvalue weighted by molar-refractivity contribution is 0.416. The largest absolute Gasteiger partial charge is 0.494 e. The van der Waals surface area contributed by atoms with Crippen LogP contribution >= 0.6 is 0 Å². The zero-order valence-electron chi connectivity index (χ0n) is 7.37. The fraction of sp³-hybridized carbons (Fsp3) is 0.0909. The van der Waals surface area contributed by atoms with Crippen LogP contribution in [0.5, 0.6) is 5.75 Å². The van der Waals surface area contributed by atoms with Gasteiger partial charge in [0.25, 0.3) is 0 Å². The Morgan fingerprint density at radius 2 is 1.85 bits per heavy atom. The van der Waals surface area contributed by atoms with Gasteiger partial charge in [0.2, 0.25) is 0 Å². The first-order valence-electron chi connectivity index (χ1n) is 4.10. The van der Waals surface area contributed by atoms with Gasteiger partial charge in [-0.3, -0.25) is 5.73 Å². The van der Waals surface area contributed by atoms with E-state index in [1.807, 2.05) is 36.4 Å². The first-order valence-corrected chi connectivity index (χ1v) is 4.10. The molecule has 1 radical (unpaired) electrons. The number of benzene rings is 2. The molecule has 0 fully saturated rings. The van der Waals surface area contributed by atoms with E-state index >= 15 is 0 Å². The van der Waals surface area contributed by atoms with Crippen LogP contribution in [0.2, 0.25) is 0 Å². The third-order valence-corrected chi connectivity index (χ3v) is 2.11. The molecule has 0 aromatic heterocycles. The summed E-state index contributed by atoms with van der Waals surface area (Å²) in [6.45, 7) is 0. The Morgan fingerprint density at radius 3 is 2.62 bits per heavy atom. The van der Waals surface area contributed by atoms with Gasteiger partial charge in [-0.15, -0.1) is 0 Å². The molecule has 0 bridgehead atoms. The summed E-state index contributed by atoms with van der Waals surface area (Å²) in [5.41, 5.74) is 8.27. The topological polar surface area (TPSA) is 33.0 Å². The van der Waals surface area contributed by atoms with Crippen molar-refractivity contribution in [1.82, 2.24) is 5.73 Å². The summed E-state index contributed by atoms with van der Waals surface area (Å²) >= 11 is 0. The van der Waals surface area contributed by atoms with Crippen LogP contribution in [0, 0.1) is 0 Å². The molecule has 0 heterocycles. The van der Waals surface area contributed by atoms with E-state index < -0.39 is 0 Å². The van der Waals surface area contributed by atoms with Crippen LogP contribution in [0.15, 0.2) is 36.4 Å². The van der Waals surface area contributed by atoms with E-state index in [0.717, 1.165) is 10.8 Å². The molecule has 0 saturated heterocycles. The zero-order valence-corrected chi connectivity index (χ0v) is 7.37. The minimum atomic E-state index is 0.459. The lowest BCUT2D eigenvalue weighted by atomic mass is 10.1. The van der Waals surface area contributed by atoms with Crippen molar-refractivity contribution in [1.29, 1.82) is 0 Å². The molecule has 65 valence electrons. The number of fused-ring (bicyclic) bond motifs is 1. The summed E-state index contributed by atoms with van der Waals surface area (Å²) in [5.74, 6) is 0.624. The molecule has 2 nitrogen and oxygen atoms in total. The molecule has 0 amide bonds.